The van der Waals surface area contributed by atoms with Crippen molar-refractivity contribution in [3.8, 4) is 0 Å². The largest absolute Gasteiger partial charge is 0.135 e. The van der Waals surface area contributed by atoms with Gasteiger partial charge in [-0.2, -0.15) is 0 Å². The highest BCUT2D eigenvalue weighted by molar-refractivity contribution is 7.21. The Hall–Kier alpha value is -1.94. The molecular weight excluding hydrogens is 429 g/mol. The molecule has 0 nitrogen and oxygen atoms in total. The summed E-state index contributed by atoms with van der Waals surface area (Å²) in [7, 11) is -1.81. The molecule has 0 fully saturated rings. The molecule has 0 saturated carbocycles. The second-order valence-electron chi connectivity index (χ2n) is 9.99. The van der Waals surface area contributed by atoms with Crippen LogP contribution in [0.15, 0.2) is 59.7 Å². The van der Waals surface area contributed by atoms with Crippen LogP contribution in [0.25, 0.3) is 31.3 Å². The average Bonchev–Trinajstić information content (AvgIpc) is 3.44. The third-order valence-electron chi connectivity index (χ3n) is 8.06. The van der Waals surface area contributed by atoms with E-state index in [0.717, 1.165) is 0 Å². The minimum atomic E-state index is -1.81. The molecule has 6 rings (SSSR count). The summed E-state index contributed by atoms with van der Waals surface area (Å²) < 4.78 is 2.90. The van der Waals surface area contributed by atoms with Gasteiger partial charge in [0, 0.05) is 30.2 Å². The average molecular weight is 457 g/mol. The Kier molecular flexibility index (Phi) is 4.16. The predicted octanol–water partition coefficient (Wildman–Crippen LogP) is 9.38. The molecule has 4 aromatic rings. The number of hydrogen-bond donors (Lipinski definition) is 0. The highest BCUT2D eigenvalue weighted by Gasteiger charge is 2.50. The lowest BCUT2D eigenvalue weighted by Crippen LogP contribution is -2.42. The fourth-order valence-electron chi connectivity index (χ4n) is 6.51. The van der Waals surface area contributed by atoms with Gasteiger partial charge in [0.25, 0.3) is 0 Å². The van der Waals surface area contributed by atoms with Gasteiger partial charge < -0.3 is 0 Å². The monoisotopic (exact) mass is 456 g/mol. The molecule has 2 aliphatic carbocycles. The lowest BCUT2D eigenvalue weighted by atomic mass is 10.1. The van der Waals surface area contributed by atoms with Gasteiger partial charge in [-0.1, -0.05) is 60.6 Å². The molecule has 2 aromatic heterocycles. The molecule has 3 heteroatoms. The molecule has 31 heavy (non-hydrogen) atoms. The molecule has 2 atom stereocenters. The molecule has 0 radical (unpaired) electrons. The molecule has 2 aromatic carbocycles. The van der Waals surface area contributed by atoms with Crippen LogP contribution in [-0.4, -0.2) is 8.07 Å². The number of rotatable bonds is 2. The van der Waals surface area contributed by atoms with E-state index >= 15 is 0 Å². The Morgan fingerprint density at radius 2 is 1.00 bits per heavy atom. The van der Waals surface area contributed by atoms with E-state index in [-0.39, 0.29) is 0 Å². The Balaban J connectivity index is 1.61. The summed E-state index contributed by atoms with van der Waals surface area (Å²) in [6.07, 6.45) is 0. The molecular formula is C28H28S2Si. The molecule has 2 unspecified atom stereocenters. The van der Waals surface area contributed by atoms with Gasteiger partial charge in [0.15, 0.2) is 0 Å². The molecule has 0 spiro atoms. The summed E-state index contributed by atoms with van der Waals surface area (Å²) in [6.45, 7) is 14.9. The first-order valence-electron chi connectivity index (χ1n) is 11.2. The summed E-state index contributed by atoms with van der Waals surface area (Å²) in [6, 6.07) is 18.2. The van der Waals surface area contributed by atoms with Crippen molar-refractivity contribution in [2.45, 2.75) is 51.9 Å². The van der Waals surface area contributed by atoms with Crippen LogP contribution in [0, 0.1) is 0 Å². The van der Waals surface area contributed by atoms with E-state index in [9.17, 15) is 0 Å². The second kappa shape index (κ2) is 6.54. The summed E-state index contributed by atoms with van der Waals surface area (Å²) in [5.74, 6) is 0. The predicted molar refractivity (Wildman–Crippen MR) is 143 cm³/mol. The second-order valence-corrected chi connectivity index (χ2v) is 16.9. The van der Waals surface area contributed by atoms with E-state index in [1.54, 1.807) is 32.0 Å². The third-order valence-corrected chi connectivity index (χ3v) is 15.1. The Labute approximate surface area is 194 Å². The van der Waals surface area contributed by atoms with Crippen LogP contribution in [0.4, 0.5) is 0 Å². The zero-order chi connectivity index (χ0) is 21.7. The van der Waals surface area contributed by atoms with E-state index in [4.69, 9.17) is 0 Å². The molecule has 2 heterocycles. The molecule has 2 aliphatic rings. The maximum atomic E-state index is 2.67. The van der Waals surface area contributed by atoms with Gasteiger partial charge in [-0.3, -0.25) is 0 Å². The Bertz CT molecular complexity index is 1350. The first-order chi connectivity index (χ1) is 14.8. The van der Waals surface area contributed by atoms with E-state index in [1.165, 1.54) is 31.3 Å². The third kappa shape index (κ3) is 2.46. The summed E-state index contributed by atoms with van der Waals surface area (Å²) in [5, 5.41) is 2.99. The van der Waals surface area contributed by atoms with E-state index in [2.05, 4.69) is 89.3 Å². The first kappa shape index (κ1) is 19.7. The van der Waals surface area contributed by atoms with Crippen molar-refractivity contribution in [1.29, 1.82) is 0 Å². The molecule has 156 valence electrons. The minimum absolute atomic E-state index is 0.580. The first-order valence-corrected chi connectivity index (χ1v) is 16.0. The maximum absolute atomic E-state index is 2.67. The van der Waals surface area contributed by atoms with Crippen LogP contribution >= 0.6 is 22.7 Å². The Morgan fingerprint density at radius 3 is 1.42 bits per heavy atom. The van der Waals surface area contributed by atoms with Gasteiger partial charge in [0.2, 0.25) is 0 Å². The van der Waals surface area contributed by atoms with Crippen LogP contribution in [0.1, 0.15) is 59.7 Å². The molecule has 0 amide bonds. The fourth-order valence-corrected chi connectivity index (χ4v) is 14.4. The van der Waals surface area contributed by atoms with Crippen molar-refractivity contribution in [3.63, 3.8) is 0 Å². The zero-order valence-electron chi connectivity index (χ0n) is 19.1. The van der Waals surface area contributed by atoms with Crippen LogP contribution in [0.3, 0.4) is 0 Å². The van der Waals surface area contributed by atoms with Crippen molar-refractivity contribution >= 4 is 62.1 Å². The van der Waals surface area contributed by atoms with Gasteiger partial charge in [0.1, 0.15) is 0 Å². The standard InChI is InChI=1S/C28H28S2Si/c1-15-17(3)27(23-19-11-7-9-13-21(19)29-25(15)23)31(5,6)28-18(4)16(2)26-24(28)20-12-8-10-14-22(20)30-26/h7-14,27-28H,1-6H3. The number of allylic oxidation sites excluding steroid dienone is 4. The van der Waals surface area contributed by atoms with Gasteiger partial charge in [-0.25, -0.2) is 0 Å². The van der Waals surface area contributed by atoms with Crippen LogP contribution in [-0.2, 0) is 0 Å². The minimum Gasteiger partial charge on any atom is -0.135 e. The molecule has 0 N–H and O–H groups in total. The van der Waals surface area contributed by atoms with Crippen LogP contribution < -0.4 is 0 Å². The number of hydrogen-bond acceptors (Lipinski definition) is 2. The van der Waals surface area contributed by atoms with E-state index in [0.29, 0.717) is 11.1 Å². The van der Waals surface area contributed by atoms with Crippen LogP contribution in [0.5, 0.6) is 0 Å². The van der Waals surface area contributed by atoms with E-state index in [1.807, 2.05) is 22.7 Å². The lowest BCUT2D eigenvalue weighted by Gasteiger charge is -2.39. The number of benzene rings is 2. The van der Waals surface area contributed by atoms with Crippen molar-refractivity contribution in [2.24, 2.45) is 0 Å². The van der Waals surface area contributed by atoms with Crippen molar-refractivity contribution < 1.29 is 0 Å². The lowest BCUT2D eigenvalue weighted by molar-refractivity contribution is 0.980. The van der Waals surface area contributed by atoms with Crippen molar-refractivity contribution in [2.75, 3.05) is 0 Å². The van der Waals surface area contributed by atoms with Gasteiger partial charge in [-0.05, 0) is 72.9 Å². The SMILES string of the molecule is CC1=C(C)C([Si](C)(C)C2C(C)=C(C)c3sc4ccccc4c32)c2c1sc1ccccc21. The van der Waals surface area contributed by atoms with Crippen molar-refractivity contribution in [1.82, 2.24) is 0 Å². The molecule has 0 bridgehead atoms. The molecule has 0 saturated heterocycles. The Morgan fingerprint density at radius 1 is 0.613 bits per heavy atom. The van der Waals surface area contributed by atoms with Gasteiger partial charge in [0.05, 0.1) is 8.07 Å². The summed E-state index contributed by atoms with van der Waals surface area (Å²) in [5.41, 5.74) is 10.8. The van der Waals surface area contributed by atoms with Gasteiger partial charge in [-0.15, -0.1) is 22.7 Å². The topological polar surface area (TPSA) is 0 Å². The van der Waals surface area contributed by atoms with Gasteiger partial charge >= 0.3 is 0 Å². The number of thiophene rings is 2. The zero-order valence-corrected chi connectivity index (χ0v) is 21.7. The number of fused-ring (bicyclic) bond motifs is 6. The summed E-state index contributed by atoms with van der Waals surface area (Å²) >= 11 is 4.01. The fraction of sp³-hybridized carbons (Fsp3) is 0.286. The maximum Gasteiger partial charge on any atom is 0.0723 e. The molecule has 0 aliphatic heterocycles. The van der Waals surface area contributed by atoms with Crippen LogP contribution in [0.2, 0.25) is 13.1 Å². The normalized spacial score (nSPS) is 21.0. The quantitative estimate of drug-likeness (QED) is 0.263. The highest BCUT2D eigenvalue weighted by atomic mass is 32.1. The highest BCUT2D eigenvalue weighted by Crippen LogP contribution is 2.60. The van der Waals surface area contributed by atoms with E-state index < -0.39 is 8.07 Å². The smallest absolute Gasteiger partial charge is 0.0723 e. The van der Waals surface area contributed by atoms with Crippen molar-refractivity contribution in [3.05, 3.63) is 80.6 Å². The summed E-state index contributed by atoms with van der Waals surface area (Å²) in [4.78, 5) is 3.10.